The van der Waals surface area contributed by atoms with Gasteiger partial charge in [-0.15, -0.1) is 0 Å². The maximum Gasteiger partial charge on any atom is 0.336 e. The van der Waals surface area contributed by atoms with Crippen molar-refractivity contribution in [1.82, 2.24) is 29.4 Å². The first-order valence-corrected chi connectivity index (χ1v) is 21.3. The van der Waals surface area contributed by atoms with E-state index in [0.29, 0.717) is 0 Å². The van der Waals surface area contributed by atoms with E-state index in [4.69, 9.17) is 28.4 Å². The average Bonchev–Trinajstić information content (AvgIpc) is 3.29. The summed E-state index contributed by atoms with van der Waals surface area (Å²) < 4.78 is 38.0. The maximum atomic E-state index is 14.4. The van der Waals surface area contributed by atoms with Crippen LogP contribution in [0.5, 0.6) is 0 Å². The van der Waals surface area contributed by atoms with Gasteiger partial charge >= 0.3 is 35.8 Å². The van der Waals surface area contributed by atoms with E-state index in [2.05, 4.69) is 0 Å². The lowest BCUT2D eigenvalue weighted by atomic mass is 9.83. The Morgan fingerprint density at radius 1 is 0.303 bits per heavy atom. The van der Waals surface area contributed by atoms with Crippen molar-refractivity contribution in [2.45, 2.75) is 36.6 Å². The molecule has 66 heavy (non-hydrogen) atoms. The number of ether oxygens (including phenoxy) is 6. The van der Waals surface area contributed by atoms with E-state index in [-0.39, 0.29) is 72.7 Å². The molecule has 1 fully saturated rings. The highest BCUT2D eigenvalue weighted by atomic mass is 16.7. The van der Waals surface area contributed by atoms with Crippen molar-refractivity contribution in [3.8, 4) is 0 Å². The molecule has 0 N–H and O–H groups in total. The Labute approximate surface area is 383 Å². The molecular formula is C48H54N6O12. The minimum absolute atomic E-state index is 0.105. The van der Waals surface area contributed by atoms with Gasteiger partial charge in [0.05, 0.1) is 33.4 Å². The van der Waals surface area contributed by atoms with Gasteiger partial charge in [-0.1, -0.05) is 0 Å². The van der Waals surface area contributed by atoms with Gasteiger partial charge < -0.3 is 57.8 Å². The molecule has 0 aromatic carbocycles. The molecule has 18 heteroatoms. The Hall–Kier alpha value is -7.50. The van der Waals surface area contributed by atoms with Gasteiger partial charge in [-0.2, -0.15) is 0 Å². The third-order valence-corrected chi connectivity index (χ3v) is 11.3. The van der Waals surface area contributed by atoms with Crippen LogP contribution < -0.4 is 0 Å². The predicted octanol–water partition coefficient (Wildman–Crippen LogP) is 1.78. The lowest BCUT2D eigenvalue weighted by molar-refractivity contribution is -0.257. The van der Waals surface area contributed by atoms with Gasteiger partial charge in [-0.3, -0.25) is 0 Å². The molecule has 0 aromatic rings. The number of hydrogen-bond donors (Lipinski definition) is 0. The first-order valence-electron chi connectivity index (χ1n) is 21.3. The molecule has 0 atom stereocenters. The zero-order chi connectivity index (χ0) is 47.1. The van der Waals surface area contributed by atoms with Crippen LogP contribution in [0.4, 0.5) is 0 Å². The number of nitrogens with zero attached hydrogens (tertiary/aromatic N) is 6. The first-order chi connectivity index (χ1) is 31.6. The van der Waals surface area contributed by atoms with Gasteiger partial charge in [0.25, 0.3) is 0 Å². The zero-order valence-electron chi connectivity index (χ0n) is 37.7. The molecule has 0 radical (unpaired) electrons. The average molecular weight is 907 g/mol. The SMILES string of the molecule is CN1C=CC=C(C(=O)OC2C(OC(=O)C3=CC=CN(C)C3)C(OC(=O)C3=CC=CN(C)C3)C(OC(=O)C3=CC=CN(C)C3)C(OC(=O)C3=CC=CN(C)C3)C2OC(=O)C2=CC=CN(C)C2)C1. The topological polar surface area (TPSA) is 177 Å². The Kier molecular flexibility index (Phi) is 14.5. The van der Waals surface area contributed by atoms with Crippen LogP contribution in [0.15, 0.2) is 144 Å². The fourth-order valence-electron chi connectivity index (χ4n) is 8.00. The zero-order valence-corrected chi connectivity index (χ0v) is 37.7. The quantitative estimate of drug-likeness (QED) is 0.204. The second kappa shape index (κ2) is 20.6. The van der Waals surface area contributed by atoms with Crippen molar-refractivity contribution < 1.29 is 57.2 Å². The Bertz CT molecular complexity index is 1940. The summed E-state index contributed by atoms with van der Waals surface area (Å²) in [4.78, 5) is 97.0. The van der Waals surface area contributed by atoms with E-state index in [0.717, 1.165) is 0 Å². The molecule has 0 aromatic heterocycles. The van der Waals surface area contributed by atoms with Crippen LogP contribution >= 0.6 is 0 Å². The Balaban J connectivity index is 1.42. The molecule has 18 nitrogen and oxygen atoms in total. The second-order valence-electron chi connectivity index (χ2n) is 16.9. The predicted molar refractivity (Wildman–Crippen MR) is 238 cm³/mol. The fraction of sp³-hybridized carbons (Fsp3) is 0.375. The van der Waals surface area contributed by atoms with Crippen LogP contribution in [0.3, 0.4) is 0 Å². The van der Waals surface area contributed by atoms with Crippen LogP contribution in [0.25, 0.3) is 0 Å². The molecule has 0 bridgehead atoms. The molecule has 7 rings (SSSR count). The van der Waals surface area contributed by atoms with E-state index in [1.807, 2.05) is 0 Å². The molecule has 0 unspecified atom stereocenters. The van der Waals surface area contributed by atoms with Crippen molar-refractivity contribution in [2.24, 2.45) is 0 Å². The number of rotatable bonds is 12. The molecule has 0 spiro atoms. The lowest BCUT2D eigenvalue weighted by Gasteiger charge is -2.47. The number of likely N-dealkylation sites (N-methyl/N-ethyl adjacent to an activating group) is 6. The van der Waals surface area contributed by atoms with E-state index in [1.165, 1.54) is 0 Å². The summed E-state index contributed by atoms with van der Waals surface area (Å²) in [6.45, 7) is 0.628. The van der Waals surface area contributed by atoms with Crippen LogP contribution in [0.2, 0.25) is 0 Å². The fourth-order valence-corrected chi connectivity index (χ4v) is 8.00. The lowest BCUT2D eigenvalue weighted by Crippen LogP contribution is -2.69. The molecule has 1 aliphatic carbocycles. The molecule has 0 amide bonds. The van der Waals surface area contributed by atoms with Gasteiger partial charge in [0.1, 0.15) is 0 Å². The van der Waals surface area contributed by atoms with Crippen molar-refractivity contribution in [2.75, 3.05) is 81.6 Å². The smallest absolute Gasteiger partial charge is 0.336 e. The summed E-state index contributed by atoms with van der Waals surface area (Å²) in [5.74, 6) is -5.45. The first kappa shape index (κ1) is 46.5. The minimum atomic E-state index is -1.86. The molecular weight excluding hydrogens is 853 g/mol. The molecule has 6 aliphatic heterocycles. The molecule has 1 saturated carbocycles. The highest BCUT2D eigenvalue weighted by Gasteiger charge is 2.62. The normalized spacial score (nSPS) is 25.7. The van der Waals surface area contributed by atoms with Crippen molar-refractivity contribution >= 4 is 35.8 Å². The summed E-state index contributed by atoms with van der Waals surface area (Å²) in [6, 6.07) is 0. The third kappa shape index (κ3) is 11.2. The summed E-state index contributed by atoms with van der Waals surface area (Å²) in [6.07, 6.45) is 18.4. The van der Waals surface area contributed by atoms with Gasteiger partial charge in [0.15, 0.2) is 36.6 Å². The standard InChI is InChI=1S/C48H54N6O12/c1-49-19-7-13-31(25-49)43(55)61-37-38(62-44(56)32-14-8-20-50(2)26-32)40(64-46(58)34-16-10-22-52(4)28-34)42(66-48(60)36-18-12-24-54(6)30-36)41(65-47(59)35-17-11-23-53(5)29-35)39(37)63-45(57)33-15-9-21-51(3)27-33/h7-24,37-42H,25-30H2,1-6H3. The van der Waals surface area contributed by atoms with Gasteiger partial charge in [-0.05, 0) is 110 Å². The number of hydrogen-bond acceptors (Lipinski definition) is 18. The second-order valence-corrected chi connectivity index (χ2v) is 16.9. The van der Waals surface area contributed by atoms with Crippen LogP contribution in [-0.2, 0) is 57.2 Å². The van der Waals surface area contributed by atoms with Crippen molar-refractivity contribution in [3.05, 3.63) is 144 Å². The molecule has 7 aliphatic rings. The van der Waals surface area contributed by atoms with Crippen molar-refractivity contribution in [3.63, 3.8) is 0 Å². The largest absolute Gasteiger partial charge is 0.451 e. The van der Waals surface area contributed by atoms with Crippen LogP contribution in [-0.4, -0.2) is 183 Å². The molecule has 348 valence electrons. The maximum absolute atomic E-state index is 14.4. The van der Waals surface area contributed by atoms with Crippen LogP contribution in [0, 0.1) is 0 Å². The Morgan fingerprint density at radius 3 is 0.561 bits per heavy atom. The van der Waals surface area contributed by atoms with E-state index >= 15 is 0 Å². The highest BCUT2D eigenvalue weighted by Crippen LogP contribution is 2.37. The number of allylic oxidation sites excluding steroid dienone is 12. The summed E-state index contributed by atoms with van der Waals surface area (Å²) >= 11 is 0. The highest BCUT2D eigenvalue weighted by molar-refractivity contribution is 5.94. The summed E-state index contributed by atoms with van der Waals surface area (Å²) in [7, 11) is 10.5. The molecule has 0 saturated heterocycles. The monoisotopic (exact) mass is 906 g/mol. The summed E-state index contributed by atoms with van der Waals surface area (Å²) in [5, 5.41) is 0. The van der Waals surface area contributed by atoms with Gasteiger partial charge in [0, 0.05) is 81.6 Å². The van der Waals surface area contributed by atoms with Gasteiger partial charge in [-0.25, -0.2) is 28.8 Å². The number of carbonyl (C=O) groups is 6. The van der Waals surface area contributed by atoms with Crippen LogP contribution in [0.1, 0.15) is 0 Å². The van der Waals surface area contributed by atoms with Crippen molar-refractivity contribution in [1.29, 1.82) is 0 Å². The molecule has 6 heterocycles. The van der Waals surface area contributed by atoms with E-state index in [1.54, 1.807) is 182 Å². The minimum Gasteiger partial charge on any atom is -0.451 e. The van der Waals surface area contributed by atoms with E-state index in [9.17, 15) is 28.8 Å². The number of carbonyl (C=O) groups excluding carboxylic acids is 6. The van der Waals surface area contributed by atoms with E-state index < -0.39 is 72.4 Å². The summed E-state index contributed by atoms with van der Waals surface area (Å²) in [5.41, 5.74) is 1.00. The number of esters is 6. The van der Waals surface area contributed by atoms with Gasteiger partial charge in [0.2, 0.25) is 0 Å². The Morgan fingerprint density at radius 2 is 0.439 bits per heavy atom. The third-order valence-electron chi connectivity index (χ3n) is 11.3.